The molecule has 0 bridgehead atoms. The molecule has 5 nitrogen and oxygen atoms in total. The first kappa shape index (κ1) is 11.0. The maximum absolute atomic E-state index is 10.6. The van der Waals surface area contributed by atoms with Crippen molar-refractivity contribution in [3.63, 3.8) is 0 Å². The third-order valence-corrected chi connectivity index (χ3v) is 1.90. The molecule has 0 aliphatic rings. The fourth-order valence-electron chi connectivity index (χ4n) is 1.17. The fourth-order valence-corrected chi connectivity index (χ4v) is 1.17. The lowest BCUT2D eigenvalue weighted by Gasteiger charge is -2.07. The van der Waals surface area contributed by atoms with Crippen molar-refractivity contribution in [1.29, 1.82) is 0 Å². The summed E-state index contributed by atoms with van der Waals surface area (Å²) in [7, 11) is 0. The summed E-state index contributed by atoms with van der Waals surface area (Å²) in [5.41, 5.74) is 1.52. The summed E-state index contributed by atoms with van der Waals surface area (Å²) in [5.74, 6) is -1.96. The van der Waals surface area contributed by atoms with E-state index in [1.165, 1.54) is 12.1 Å². The average molecular weight is 209 g/mol. The van der Waals surface area contributed by atoms with Crippen molar-refractivity contribution in [1.82, 2.24) is 0 Å². The van der Waals surface area contributed by atoms with Crippen LogP contribution >= 0.6 is 0 Å². The van der Waals surface area contributed by atoms with Gasteiger partial charge < -0.3 is 15.5 Å². The number of aryl methyl sites for hydroxylation is 1. The monoisotopic (exact) mass is 209 g/mol. The van der Waals surface area contributed by atoms with Crippen molar-refractivity contribution < 1.29 is 19.8 Å². The molecular formula is C10H11NO4. The number of hydrogen-bond donors (Lipinski definition) is 3. The van der Waals surface area contributed by atoms with Crippen molar-refractivity contribution in [2.24, 2.45) is 0 Å². The van der Waals surface area contributed by atoms with E-state index in [4.69, 9.17) is 10.2 Å². The van der Waals surface area contributed by atoms with Crippen molar-refractivity contribution in [3.8, 4) is 0 Å². The number of nitrogens with one attached hydrogen (secondary N) is 1. The van der Waals surface area contributed by atoms with E-state index in [2.05, 4.69) is 5.32 Å². The van der Waals surface area contributed by atoms with Gasteiger partial charge in [0, 0.05) is 5.69 Å². The number of hydrogen-bond acceptors (Lipinski definition) is 3. The van der Waals surface area contributed by atoms with E-state index in [0.717, 1.165) is 0 Å². The number of carboxylic acid groups (broad SMARTS) is 2. The van der Waals surface area contributed by atoms with Gasteiger partial charge in [0.1, 0.15) is 6.54 Å². The molecule has 0 aliphatic heterocycles. The lowest BCUT2D eigenvalue weighted by Crippen LogP contribution is -2.13. The van der Waals surface area contributed by atoms with Gasteiger partial charge in [0.2, 0.25) is 0 Å². The molecular weight excluding hydrogens is 198 g/mol. The standard InChI is InChI=1S/C10H11NO4/c1-6-4-7(10(14)15)2-3-8(6)11-5-9(12)13/h2-4,11H,5H2,1H3,(H,12,13)(H,14,15). The van der Waals surface area contributed by atoms with E-state index in [1.807, 2.05) is 0 Å². The van der Waals surface area contributed by atoms with E-state index in [-0.39, 0.29) is 12.1 Å². The van der Waals surface area contributed by atoms with Crippen molar-refractivity contribution in [2.75, 3.05) is 11.9 Å². The first-order chi connectivity index (χ1) is 7.00. The van der Waals surface area contributed by atoms with Crippen LogP contribution in [-0.4, -0.2) is 28.7 Å². The molecule has 5 heteroatoms. The second-order valence-electron chi connectivity index (χ2n) is 3.08. The van der Waals surface area contributed by atoms with Crippen LogP contribution in [0.4, 0.5) is 5.69 Å². The Balaban J connectivity index is 2.83. The smallest absolute Gasteiger partial charge is 0.335 e. The Morgan fingerprint density at radius 2 is 2.00 bits per heavy atom. The van der Waals surface area contributed by atoms with E-state index in [1.54, 1.807) is 13.0 Å². The van der Waals surface area contributed by atoms with Crippen LogP contribution in [0.2, 0.25) is 0 Å². The Morgan fingerprint density at radius 3 is 2.47 bits per heavy atom. The SMILES string of the molecule is Cc1cc(C(=O)O)ccc1NCC(=O)O. The van der Waals surface area contributed by atoms with E-state index in [0.29, 0.717) is 11.3 Å². The maximum atomic E-state index is 10.6. The Morgan fingerprint density at radius 1 is 1.33 bits per heavy atom. The van der Waals surface area contributed by atoms with Crippen LogP contribution in [0.15, 0.2) is 18.2 Å². The van der Waals surface area contributed by atoms with Gasteiger partial charge in [0.05, 0.1) is 5.56 Å². The molecule has 0 amide bonds. The average Bonchev–Trinajstić information content (AvgIpc) is 2.15. The highest BCUT2D eigenvalue weighted by Crippen LogP contribution is 2.16. The van der Waals surface area contributed by atoms with Crippen molar-refractivity contribution in [3.05, 3.63) is 29.3 Å². The van der Waals surface area contributed by atoms with Crippen LogP contribution in [0.25, 0.3) is 0 Å². The molecule has 1 aromatic carbocycles. The van der Waals surface area contributed by atoms with E-state index >= 15 is 0 Å². The van der Waals surface area contributed by atoms with Gasteiger partial charge in [0.15, 0.2) is 0 Å². The zero-order valence-electron chi connectivity index (χ0n) is 8.15. The molecule has 0 spiro atoms. The van der Waals surface area contributed by atoms with Gasteiger partial charge in [-0.3, -0.25) is 4.79 Å². The molecule has 0 fully saturated rings. The molecule has 0 aliphatic carbocycles. The highest BCUT2D eigenvalue weighted by molar-refractivity contribution is 5.88. The maximum Gasteiger partial charge on any atom is 0.335 e. The highest BCUT2D eigenvalue weighted by atomic mass is 16.4. The molecule has 15 heavy (non-hydrogen) atoms. The third kappa shape index (κ3) is 2.98. The number of carbonyl (C=O) groups is 2. The molecule has 3 N–H and O–H groups in total. The molecule has 1 rings (SSSR count). The number of anilines is 1. The minimum absolute atomic E-state index is 0.187. The molecule has 1 aromatic rings. The molecule has 0 saturated heterocycles. The molecule has 0 radical (unpaired) electrons. The van der Waals surface area contributed by atoms with Gasteiger partial charge in [-0.25, -0.2) is 4.79 Å². The summed E-state index contributed by atoms with van der Waals surface area (Å²) in [6.45, 7) is 1.53. The zero-order chi connectivity index (χ0) is 11.4. The molecule has 0 saturated carbocycles. The van der Waals surface area contributed by atoms with Gasteiger partial charge >= 0.3 is 11.9 Å². The fraction of sp³-hybridized carbons (Fsp3) is 0.200. The second-order valence-corrected chi connectivity index (χ2v) is 3.08. The van der Waals surface area contributed by atoms with Gasteiger partial charge in [-0.2, -0.15) is 0 Å². The predicted octanol–water partition coefficient (Wildman–Crippen LogP) is 1.19. The van der Waals surface area contributed by atoms with Crippen LogP contribution in [-0.2, 0) is 4.79 Å². The summed E-state index contributed by atoms with van der Waals surface area (Å²) in [6.07, 6.45) is 0. The van der Waals surface area contributed by atoms with Gasteiger partial charge in [-0.05, 0) is 30.7 Å². The second kappa shape index (κ2) is 4.45. The van der Waals surface area contributed by atoms with Gasteiger partial charge in [0.25, 0.3) is 0 Å². The molecule has 80 valence electrons. The van der Waals surface area contributed by atoms with E-state index in [9.17, 15) is 9.59 Å². The predicted molar refractivity (Wildman–Crippen MR) is 54.3 cm³/mol. The quantitative estimate of drug-likeness (QED) is 0.693. The number of benzene rings is 1. The van der Waals surface area contributed by atoms with Crippen molar-refractivity contribution in [2.45, 2.75) is 6.92 Å². The highest BCUT2D eigenvalue weighted by Gasteiger charge is 2.05. The molecule has 0 atom stereocenters. The Hall–Kier alpha value is -2.04. The Kier molecular flexibility index (Phi) is 3.28. The van der Waals surface area contributed by atoms with Crippen LogP contribution in [0.1, 0.15) is 15.9 Å². The van der Waals surface area contributed by atoms with Crippen LogP contribution < -0.4 is 5.32 Å². The number of aromatic carboxylic acids is 1. The number of carboxylic acids is 2. The largest absolute Gasteiger partial charge is 0.480 e. The lowest BCUT2D eigenvalue weighted by atomic mass is 10.1. The molecule has 0 aromatic heterocycles. The summed E-state index contributed by atoms with van der Waals surface area (Å²) < 4.78 is 0. The minimum atomic E-state index is -0.997. The van der Waals surface area contributed by atoms with Crippen LogP contribution in [0, 0.1) is 6.92 Å². The molecule has 0 unspecified atom stereocenters. The number of aliphatic carboxylic acids is 1. The Labute approximate surface area is 86.4 Å². The van der Waals surface area contributed by atoms with Crippen LogP contribution in [0.3, 0.4) is 0 Å². The van der Waals surface area contributed by atoms with Crippen molar-refractivity contribution >= 4 is 17.6 Å². The van der Waals surface area contributed by atoms with E-state index < -0.39 is 11.9 Å². The third-order valence-electron chi connectivity index (χ3n) is 1.90. The lowest BCUT2D eigenvalue weighted by molar-refractivity contribution is -0.134. The van der Waals surface area contributed by atoms with Gasteiger partial charge in [-0.1, -0.05) is 0 Å². The Bertz CT molecular complexity index is 400. The van der Waals surface area contributed by atoms with Gasteiger partial charge in [-0.15, -0.1) is 0 Å². The van der Waals surface area contributed by atoms with Crippen LogP contribution in [0.5, 0.6) is 0 Å². The first-order valence-electron chi connectivity index (χ1n) is 4.30. The first-order valence-corrected chi connectivity index (χ1v) is 4.30. The summed E-state index contributed by atoms with van der Waals surface area (Å²) in [5, 5.41) is 19.8. The zero-order valence-corrected chi connectivity index (χ0v) is 8.15. The summed E-state index contributed by atoms with van der Waals surface area (Å²) in [4.78, 5) is 20.9. The summed E-state index contributed by atoms with van der Waals surface area (Å²) >= 11 is 0. The minimum Gasteiger partial charge on any atom is -0.480 e. The normalized spacial score (nSPS) is 9.67. The topological polar surface area (TPSA) is 86.6 Å². The summed E-state index contributed by atoms with van der Waals surface area (Å²) in [6, 6.07) is 4.48. The molecule has 0 heterocycles. The number of rotatable bonds is 4.